The van der Waals surface area contributed by atoms with Crippen molar-refractivity contribution >= 4 is 17.7 Å². The number of thioether (sulfide) groups is 1. The zero-order chi connectivity index (χ0) is 13.9. The Labute approximate surface area is 107 Å². The molecule has 1 aromatic rings. The molecule has 1 unspecified atom stereocenters. The number of carboxylic acids is 1. The first-order valence-corrected chi connectivity index (χ1v) is 6.10. The summed E-state index contributed by atoms with van der Waals surface area (Å²) in [5.41, 5.74) is 1.68. The van der Waals surface area contributed by atoms with Gasteiger partial charge in [0, 0.05) is 4.90 Å². The van der Waals surface area contributed by atoms with Crippen LogP contribution in [0.4, 0.5) is 13.2 Å². The lowest BCUT2D eigenvalue weighted by Gasteiger charge is -2.19. The predicted molar refractivity (Wildman–Crippen MR) is 63.9 cm³/mol. The smallest absolute Gasteiger partial charge is 0.401 e. The number of aliphatic carboxylic acids is 1. The molecule has 0 amide bonds. The Morgan fingerprint density at radius 3 is 2.44 bits per heavy atom. The Balaban J connectivity index is 2.92. The lowest BCUT2D eigenvalue weighted by atomic mass is 10.2. The highest BCUT2D eigenvalue weighted by Crippen LogP contribution is 2.38. The molecule has 1 aromatic carbocycles. The monoisotopic (exact) mass is 278 g/mol. The number of rotatable bonds is 4. The van der Waals surface area contributed by atoms with Gasteiger partial charge in [-0.3, -0.25) is 4.79 Å². The second-order valence-electron chi connectivity index (χ2n) is 4.01. The van der Waals surface area contributed by atoms with E-state index in [-0.39, 0.29) is 0 Å². The Bertz CT molecular complexity index is 443. The van der Waals surface area contributed by atoms with Crippen molar-refractivity contribution in [3.8, 4) is 0 Å². The Kier molecular flexibility index (Phi) is 4.67. The van der Waals surface area contributed by atoms with Crippen molar-refractivity contribution in [2.75, 3.05) is 0 Å². The van der Waals surface area contributed by atoms with Crippen molar-refractivity contribution in [3.05, 3.63) is 29.3 Å². The molecule has 0 saturated heterocycles. The fourth-order valence-electron chi connectivity index (χ4n) is 1.47. The molecule has 0 radical (unpaired) electrons. The van der Waals surface area contributed by atoms with E-state index in [1.54, 1.807) is 25.1 Å². The van der Waals surface area contributed by atoms with Gasteiger partial charge in [0.1, 0.15) is 5.25 Å². The summed E-state index contributed by atoms with van der Waals surface area (Å²) in [7, 11) is 0. The van der Waals surface area contributed by atoms with Crippen LogP contribution < -0.4 is 0 Å². The summed E-state index contributed by atoms with van der Waals surface area (Å²) < 4.78 is 38.1. The lowest BCUT2D eigenvalue weighted by Crippen LogP contribution is -2.28. The van der Waals surface area contributed by atoms with Gasteiger partial charge in [-0.15, -0.1) is 11.8 Å². The van der Waals surface area contributed by atoms with Crippen molar-refractivity contribution < 1.29 is 23.1 Å². The maximum Gasteiger partial charge on any atom is 0.401 e. The minimum atomic E-state index is -4.53. The Hall–Kier alpha value is -1.17. The largest absolute Gasteiger partial charge is 0.481 e. The standard InChI is InChI=1S/C12H13F3O2S/c1-7-3-4-9(8(2)5-7)18-10(6-11(16)17)12(13,14)15/h3-5,10H,6H2,1-2H3,(H,16,17). The number of hydrogen-bond acceptors (Lipinski definition) is 2. The van der Waals surface area contributed by atoms with Gasteiger partial charge in [-0.05, 0) is 25.5 Å². The summed E-state index contributed by atoms with van der Waals surface area (Å²) in [6.07, 6.45) is -5.46. The number of aryl methyl sites for hydroxylation is 2. The van der Waals surface area contributed by atoms with Gasteiger partial charge in [0.2, 0.25) is 0 Å². The number of alkyl halides is 3. The molecule has 100 valence electrons. The first-order valence-electron chi connectivity index (χ1n) is 5.22. The predicted octanol–water partition coefficient (Wildman–Crippen LogP) is 3.80. The minimum Gasteiger partial charge on any atom is -0.481 e. The molecule has 18 heavy (non-hydrogen) atoms. The molecule has 2 nitrogen and oxygen atoms in total. The Morgan fingerprint density at radius 1 is 1.39 bits per heavy atom. The number of hydrogen-bond donors (Lipinski definition) is 1. The molecular weight excluding hydrogens is 265 g/mol. The van der Waals surface area contributed by atoms with Gasteiger partial charge in [-0.2, -0.15) is 13.2 Å². The summed E-state index contributed by atoms with van der Waals surface area (Å²) in [6.45, 7) is 3.56. The lowest BCUT2D eigenvalue weighted by molar-refractivity contribution is -0.149. The number of carboxylic acid groups (broad SMARTS) is 1. The summed E-state index contributed by atoms with van der Waals surface area (Å²) in [6, 6.07) is 5.08. The molecule has 0 aliphatic rings. The third-order valence-electron chi connectivity index (χ3n) is 2.32. The van der Waals surface area contributed by atoms with Gasteiger partial charge >= 0.3 is 12.1 Å². The van der Waals surface area contributed by atoms with Gasteiger partial charge in [-0.25, -0.2) is 0 Å². The fraction of sp³-hybridized carbons (Fsp3) is 0.417. The van der Waals surface area contributed by atoms with Crippen LogP contribution in [0.2, 0.25) is 0 Å². The fourth-order valence-corrected chi connectivity index (χ4v) is 2.53. The van der Waals surface area contributed by atoms with Crippen LogP contribution in [0.3, 0.4) is 0 Å². The average Bonchev–Trinajstić information content (AvgIpc) is 2.18. The average molecular weight is 278 g/mol. The van der Waals surface area contributed by atoms with Gasteiger partial charge < -0.3 is 5.11 Å². The van der Waals surface area contributed by atoms with Gasteiger partial charge in [0.05, 0.1) is 6.42 Å². The van der Waals surface area contributed by atoms with Crippen LogP contribution in [0.15, 0.2) is 23.1 Å². The SMILES string of the molecule is Cc1ccc(SC(CC(=O)O)C(F)(F)F)c(C)c1. The van der Waals surface area contributed by atoms with E-state index in [2.05, 4.69) is 0 Å². The first kappa shape index (κ1) is 14.9. The molecule has 0 heterocycles. The van der Waals surface area contributed by atoms with Crippen LogP contribution in [0, 0.1) is 13.8 Å². The van der Waals surface area contributed by atoms with Crippen molar-refractivity contribution in [1.29, 1.82) is 0 Å². The molecule has 0 spiro atoms. The topological polar surface area (TPSA) is 37.3 Å². The molecule has 0 fully saturated rings. The number of benzene rings is 1. The first-order chi connectivity index (χ1) is 8.20. The molecule has 0 aliphatic heterocycles. The highest BCUT2D eigenvalue weighted by Gasteiger charge is 2.41. The number of carbonyl (C=O) groups is 1. The summed E-state index contributed by atoms with van der Waals surface area (Å²) in [4.78, 5) is 10.9. The highest BCUT2D eigenvalue weighted by atomic mass is 32.2. The van der Waals surface area contributed by atoms with Crippen LogP contribution in [0.1, 0.15) is 17.5 Å². The van der Waals surface area contributed by atoms with E-state index in [1.807, 2.05) is 6.92 Å². The van der Waals surface area contributed by atoms with E-state index >= 15 is 0 Å². The highest BCUT2D eigenvalue weighted by molar-refractivity contribution is 8.00. The van der Waals surface area contributed by atoms with Crippen LogP contribution in [-0.2, 0) is 4.79 Å². The van der Waals surface area contributed by atoms with Crippen LogP contribution in [-0.4, -0.2) is 22.5 Å². The maximum atomic E-state index is 12.7. The van der Waals surface area contributed by atoms with E-state index in [0.717, 1.165) is 11.1 Å². The second-order valence-corrected chi connectivity index (χ2v) is 5.26. The molecule has 0 aliphatic carbocycles. The van der Waals surface area contributed by atoms with Crippen molar-refractivity contribution in [1.82, 2.24) is 0 Å². The van der Waals surface area contributed by atoms with Gasteiger partial charge in [-0.1, -0.05) is 17.7 Å². The molecule has 1 N–H and O–H groups in total. The van der Waals surface area contributed by atoms with E-state index in [1.165, 1.54) is 0 Å². The third kappa shape index (κ3) is 4.25. The third-order valence-corrected chi connectivity index (χ3v) is 3.76. The minimum absolute atomic E-state index is 0.462. The number of halogens is 3. The van der Waals surface area contributed by atoms with Crippen LogP contribution >= 0.6 is 11.8 Å². The van der Waals surface area contributed by atoms with E-state index < -0.39 is 23.8 Å². The van der Waals surface area contributed by atoms with Gasteiger partial charge in [0.15, 0.2) is 0 Å². The Morgan fingerprint density at radius 2 is 2.00 bits per heavy atom. The zero-order valence-corrected chi connectivity index (χ0v) is 10.7. The van der Waals surface area contributed by atoms with Gasteiger partial charge in [0.25, 0.3) is 0 Å². The molecule has 0 aromatic heterocycles. The molecule has 1 atom stereocenters. The molecular formula is C12H13F3O2S. The molecule has 6 heteroatoms. The van der Waals surface area contributed by atoms with Crippen molar-refractivity contribution in [2.24, 2.45) is 0 Å². The van der Waals surface area contributed by atoms with E-state index in [9.17, 15) is 18.0 Å². The normalized spacial score (nSPS) is 13.4. The zero-order valence-electron chi connectivity index (χ0n) is 9.91. The maximum absolute atomic E-state index is 12.7. The molecule has 0 bridgehead atoms. The second kappa shape index (κ2) is 5.65. The van der Waals surface area contributed by atoms with Crippen LogP contribution in [0.25, 0.3) is 0 Å². The summed E-state index contributed by atoms with van der Waals surface area (Å²) >= 11 is 0.553. The van der Waals surface area contributed by atoms with E-state index in [4.69, 9.17) is 5.11 Å². The van der Waals surface area contributed by atoms with Crippen molar-refractivity contribution in [2.45, 2.75) is 36.6 Å². The molecule has 0 saturated carbocycles. The van der Waals surface area contributed by atoms with E-state index in [0.29, 0.717) is 16.7 Å². The quantitative estimate of drug-likeness (QED) is 0.851. The summed E-state index contributed by atoms with van der Waals surface area (Å²) in [5.74, 6) is -1.45. The summed E-state index contributed by atoms with van der Waals surface area (Å²) in [5, 5.41) is 6.61. The van der Waals surface area contributed by atoms with Crippen molar-refractivity contribution in [3.63, 3.8) is 0 Å². The molecule has 1 rings (SSSR count). The van der Waals surface area contributed by atoms with Crippen LogP contribution in [0.5, 0.6) is 0 Å².